The summed E-state index contributed by atoms with van der Waals surface area (Å²) in [6.07, 6.45) is 1.13. The fourth-order valence-electron chi connectivity index (χ4n) is 3.58. The zero-order valence-electron chi connectivity index (χ0n) is 15.0. The fourth-order valence-corrected chi connectivity index (χ4v) is 5.36. The largest absolute Gasteiger partial charge is 0.324 e. The van der Waals surface area contributed by atoms with Crippen LogP contribution in [0.4, 0.5) is 5.69 Å². The molecule has 3 aromatic carbocycles. The first kappa shape index (κ1) is 18.9. The minimum Gasteiger partial charge on any atom is -0.324 e. The van der Waals surface area contributed by atoms with Crippen LogP contribution in [0.2, 0.25) is 5.02 Å². The number of rotatable bonds is 4. The Hall–Kier alpha value is -2.41. The van der Waals surface area contributed by atoms with E-state index < -0.39 is 16.1 Å². The second kappa shape index (κ2) is 7.54. The van der Waals surface area contributed by atoms with Crippen LogP contribution in [0.3, 0.4) is 0 Å². The van der Waals surface area contributed by atoms with Crippen LogP contribution in [0.25, 0.3) is 10.8 Å². The van der Waals surface area contributed by atoms with Gasteiger partial charge in [0.15, 0.2) is 0 Å². The molecule has 4 rings (SSSR count). The van der Waals surface area contributed by atoms with Crippen LogP contribution in [-0.2, 0) is 14.8 Å². The molecule has 3 aromatic rings. The summed E-state index contributed by atoms with van der Waals surface area (Å²) < 4.78 is 27.3. The van der Waals surface area contributed by atoms with Gasteiger partial charge < -0.3 is 5.32 Å². The quantitative estimate of drug-likeness (QED) is 0.692. The Morgan fingerprint density at radius 3 is 2.50 bits per heavy atom. The molecule has 0 saturated carbocycles. The van der Waals surface area contributed by atoms with Crippen molar-refractivity contribution in [2.45, 2.75) is 23.8 Å². The highest BCUT2D eigenvalue weighted by atomic mass is 35.5. The lowest BCUT2D eigenvalue weighted by Gasteiger charge is -2.23. The number of nitrogens with one attached hydrogen (secondary N) is 1. The van der Waals surface area contributed by atoms with Crippen LogP contribution in [0.1, 0.15) is 12.8 Å². The monoisotopic (exact) mass is 414 g/mol. The van der Waals surface area contributed by atoms with E-state index in [2.05, 4.69) is 5.32 Å². The molecule has 1 fully saturated rings. The molecule has 1 N–H and O–H groups in total. The van der Waals surface area contributed by atoms with Crippen LogP contribution in [-0.4, -0.2) is 31.2 Å². The first-order valence-electron chi connectivity index (χ1n) is 9.03. The third kappa shape index (κ3) is 3.51. The van der Waals surface area contributed by atoms with E-state index in [1.54, 1.807) is 0 Å². The van der Waals surface area contributed by atoms with Crippen molar-refractivity contribution < 1.29 is 13.2 Å². The standard InChI is InChI=1S/C21H19ClN2O3S/c22-16-10-12-17(13-11-16)28(26,27)24-14-4-9-20(24)21(25)23-19-8-3-6-15-5-1-2-7-18(15)19/h1-3,5-8,10-13,20H,4,9,14H2,(H,23,25)/t20-/m1/s1. The lowest BCUT2D eigenvalue weighted by Crippen LogP contribution is -2.43. The summed E-state index contributed by atoms with van der Waals surface area (Å²) in [4.78, 5) is 13.1. The van der Waals surface area contributed by atoms with Gasteiger partial charge in [0.1, 0.15) is 6.04 Å². The molecule has 0 radical (unpaired) electrons. The third-order valence-electron chi connectivity index (χ3n) is 4.97. The van der Waals surface area contributed by atoms with Crippen molar-refractivity contribution in [3.8, 4) is 0 Å². The van der Waals surface area contributed by atoms with E-state index in [0.717, 1.165) is 10.8 Å². The molecule has 0 aliphatic carbocycles. The molecule has 0 aromatic heterocycles. The number of hydrogen-bond donors (Lipinski definition) is 1. The SMILES string of the molecule is O=C(Nc1cccc2ccccc12)[C@H]1CCCN1S(=O)(=O)c1ccc(Cl)cc1. The Balaban J connectivity index is 1.61. The zero-order valence-corrected chi connectivity index (χ0v) is 16.6. The molecule has 5 nitrogen and oxygen atoms in total. The van der Waals surface area contributed by atoms with Crippen molar-refractivity contribution in [2.75, 3.05) is 11.9 Å². The van der Waals surface area contributed by atoms with E-state index in [-0.39, 0.29) is 10.8 Å². The molecule has 1 aliphatic heterocycles. The van der Waals surface area contributed by atoms with Crippen LogP contribution >= 0.6 is 11.6 Å². The van der Waals surface area contributed by atoms with Crippen LogP contribution in [0.5, 0.6) is 0 Å². The van der Waals surface area contributed by atoms with E-state index in [1.165, 1.54) is 28.6 Å². The number of carbonyl (C=O) groups is 1. The molecular formula is C21H19ClN2O3S. The van der Waals surface area contributed by atoms with Gasteiger partial charge in [0, 0.05) is 22.6 Å². The number of halogens is 1. The van der Waals surface area contributed by atoms with Gasteiger partial charge in [0.2, 0.25) is 15.9 Å². The van der Waals surface area contributed by atoms with E-state index in [0.29, 0.717) is 30.1 Å². The molecular weight excluding hydrogens is 396 g/mol. The molecule has 144 valence electrons. The predicted molar refractivity (Wildman–Crippen MR) is 111 cm³/mol. The third-order valence-corrected chi connectivity index (χ3v) is 7.15. The first-order chi connectivity index (χ1) is 13.5. The van der Waals surface area contributed by atoms with Gasteiger partial charge in [-0.1, -0.05) is 48.0 Å². The van der Waals surface area contributed by atoms with Gasteiger partial charge in [0.25, 0.3) is 0 Å². The van der Waals surface area contributed by atoms with E-state index in [9.17, 15) is 13.2 Å². The molecule has 1 amide bonds. The predicted octanol–water partition coefficient (Wildman–Crippen LogP) is 4.29. The highest BCUT2D eigenvalue weighted by Gasteiger charge is 2.39. The Labute approximate surface area is 169 Å². The average Bonchev–Trinajstić information content (AvgIpc) is 3.20. The molecule has 1 saturated heterocycles. The van der Waals surface area contributed by atoms with Crippen LogP contribution in [0, 0.1) is 0 Å². The maximum atomic E-state index is 13.0. The normalized spacial score (nSPS) is 17.7. The second-order valence-electron chi connectivity index (χ2n) is 6.74. The van der Waals surface area contributed by atoms with Crippen molar-refractivity contribution in [3.63, 3.8) is 0 Å². The molecule has 7 heteroatoms. The highest BCUT2D eigenvalue weighted by Crippen LogP contribution is 2.29. The lowest BCUT2D eigenvalue weighted by atomic mass is 10.1. The van der Waals surface area contributed by atoms with Crippen LogP contribution in [0.15, 0.2) is 71.6 Å². The minimum atomic E-state index is -3.77. The maximum absolute atomic E-state index is 13.0. The van der Waals surface area contributed by atoms with Crippen molar-refractivity contribution in [3.05, 3.63) is 71.8 Å². The molecule has 1 heterocycles. The summed E-state index contributed by atoms with van der Waals surface area (Å²) in [7, 11) is -3.77. The maximum Gasteiger partial charge on any atom is 0.243 e. The first-order valence-corrected chi connectivity index (χ1v) is 10.8. The highest BCUT2D eigenvalue weighted by molar-refractivity contribution is 7.89. The number of hydrogen-bond acceptors (Lipinski definition) is 3. The van der Waals surface area contributed by atoms with Crippen LogP contribution < -0.4 is 5.32 Å². The van der Waals surface area contributed by atoms with E-state index in [4.69, 9.17) is 11.6 Å². The Morgan fingerprint density at radius 2 is 1.71 bits per heavy atom. The number of sulfonamides is 1. The Morgan fingerprint density at radius 1 is 1.00 bits per heavy atom. The average molecular weight is 415 g/mol. The van der Waals surface area contributed by atoms with Crippen molar-refractivity contribution in [2.24, 2.45) is 0 Å². The van der Waals surface area contributed by atoms with E-state index >= 15 is 0 Å². The van der Waals surface area contributed by atoms with Gasteiger partial charge in [-0.3, -0.25) is 4.79 Å². The number of benzene rings is 3. The van der Waals surface area contributed by atoms with Crippen molar-refractivity contribution in [1.82, 2.24) is 4.31 Å². The van der Waals surface area contributed by atoms with Gasteiger partial charge in [-0.2, -0.15) is 4.31 Å². The number of fused-ring (bicyclic) bond motifs is 1. The van der Waals surface area contributed by atoms with Gasteiger partial charge >= 0.3 is 0 Å². The molecule has 1 atom stereocenters. The summed E-state index contributed by atoms with van der Waals surface area (Å²) in [5.41, 5.74) is 0.679. The van der Waals surface area contributed by atoms with Gasteiger partial charge in [-0.15, -0.1) is 0 Å². The summed E-state index contributed by atoms with van der Waals surface area (Å²) in [5, 5.41) is 5.32. The Bertz CT molecular complexity index is 1120. The smallest absolute Gasteiger partial charge is 0.243 e. The molecule has 0 spiro atoms. The van der Waals surface area contributed by atoms with E-state index in [1.807, 2.05) is 42.5 Å². The van der Waals surface area contributed by atoms with Gasteiger partial charge in [0.05, 0.1) is 4.90 Å². The zero-order chi connectivity index (χ0) is 19.7. The topological polar surface area (TPSA) is 66.5 Å². The van der Waals surface area contributed by atoms with Crippen molar-refractivity contribution >= 4 is 44.0 Å². The fraction of sp³-hybridized carbons (Fsp3) is 0.190. The molecule has 0 bridgehead atoms. The second-order valence-corrected chi connectivity index (χ2v) is 9.07. The molecule has 1 aliphatic rings. The summed E-state index contributed by atoms with van der Waals surface area (Å²) in [6.45, 7) is 0.318. The lowest BCUT2D eigenvalue weighted by molar-refractivity contribution is -0.119. The molecule has 0 unspecified atom stereocenters. The summed E-state index contributed by atoms with van der Waals surface area (Å²) in [6, 6.07) is 18.7. The van der Waals surface area contributed by atoms with Crippen molar-refractivity contribution in [1.29, 1.82) is 0 Å². The number of amides is 1. The van der Waals surface area contributed by atoms with Gasteiger partial charge in [-0.05, 0) is 48.6 Å². The summed E-state index contributed by atoms with van der Waals surface area (Å²) in [5.74, 6) is -0.314. The van der Waals surface area contributed by atoms with Gasteiger partial charge in [-0.25, -0.2) is 8.42 Å². The summed E-state index contributed by atoms with van der Waals surface area (Å²) >= 11 is 5.87. The molecule has 28 heavy (non-hydrogen) atoms. The Kier molecular flexibility index (Phi) is 5.10. The minimum absolute atomic E-state index is 0.141. The number of nitrogens with zero attached hydrogens (tertiary/aromatic N) is 1. The number of carbonyl (C=O) groups excluding carboxylic acids is 1. The number of anilines is 1.